The number of rotatable bonds is 5. The molecular formula is C14H18F3N3O4. The van der Waals surface area contributed by atoms with Crippen LogP contribution in [0.4, 0.5) is 13.2 Å². The quantitative estimate of drug-likeness (QED) is 0.818. The highest BCUT2D eigenvalue weighted by Crippen LogP contribution is 2.25. The Bertz CT molecular complexity index is 609. The first kappa shape index (κ1) is 18.3. The minimum absolute atomic E-state index is 0.0182. The second-order valence-corrected chi connectivity index (χ2v) is 5.38. The Balaban J connectivity index is 2.06. The highest BCUT2D eigenvalue weighted by Gasteiger charge is 2.44. The third-order valence-electron chi connectivity index (χ3n) is 3.89. The average Bonchev–Trinajstić information content (AvgIpc) is 2.89. The molecule has 1 unspecified atom stereocenters. The molecule has 1 atom stereocenters. The van der Waals surface area contributed by atoms with Gasteiger partial charge in [0.05, 0.1) is 13.2 Å². The number of nitrogens with zero attached hydrogens (tertiary/aromatic N) is 2. The summed E-state index contributed by atoms with van der Waals surface area (Å²) in [6, 6.07) is 0.667. The van der Waals surface area contributed by atoms with E-state index in [0.29, 0.717) is 0 Å². The van der Waals surface area contributed by atoms with Gasteiger partial charge in [-0.15, -0.1) is 0 Å². The molecule has 1 aliphatic heterocycles. The van der Waals surface area contributed by atoms with Crippen LogP contribution in [-0.2, 0) is 11.8 Å². The molecule has 1 aliphatic rings. The van der Waals surface area contributed by atoms with Gasteiger partial charge in [-0.05, 0) is 12.1 Å². The Labute approximate surface area is 136 Å². The number of aromatic carboxylic acids is 1. The fourth-order valence-corrected chi connectivity index (χ4v) is 2.57. The lowest BCUT2D eigenvalue weighted by Crippen LogP contribution is -2.55. The second kappa shape index (κ2) is 7.22. The maximum absolute atomic E-state index is 13.2. The number of alkyl halides is 3. The summed E-state index contributed by atoms with van der Waals surface area (Å²) in [5.41, 5.74) is -0.143. The largest absolute Gasteiger partial charge is 0.477 e. The molecule has 0 spiro atoms. The first-order valence-corrected chi connectivity index (χ1v) is 7.27. The molecule has 2 heterocycles. The van der Waals surface area contributed by atoms with Gasteiger partial charge in [-0.2, -0.15) is 13.2 Å². The first-order valence-electron chi connectivity index (χ1n) is 7.27. The summed E-state index contributed by atoms with van der Waals surface area (Å²) in [6.07, 6.45) is -4.49. The molecule has 0 radical (unpaired) electrons. The summed E-state index contributed by atoms with van der Waals surface area (Å²) in [6.45, 7) is 0.0667. The molecule has 0 bridgehead atoms. The van der Waals surface area contributed by atoms with E-state index in [1.54, 1.807) is 0 Å². The van der Waals surface area contributed by atoms with E-state index >= 15 is 0 Å². The number of carboxylic acids is 1. The van der Waals surface area contributed by atoms with Crippen molar-refractivity contribution in [3.05, 3.63) is 23.5 Å². The van der Waals surface area contributed by atoms with Crippen molar-refractivity contribution in [2.24, 2.45) is 7.05 Å². The minimum Gasteiger partial charge on any atom is -0.477 e. The van der Waals surface area contributed by atoms with Crippen molar-refractivity contribution in [1.29, 1.82) is 0 Å². The number of hydrogen-bond acceptors (Lipinski definition) is 4. The molecule has 2 rings (SSSR count). The number of halogens is 3. The maximum Gasteiger partial charge on any atom is 0.405 e. The van der Waals surface area contributed by atoms with Gasteiger partial charge < -0.3 is 19.7 Å². The van der Waals surface area contributed by atoms with Crippen LogP contribution >= 0.6 is 0 Å². The molecule has 1 fully saturated rings. The zero-order chi connectivity index (χ0) is 17.9. The fourth-order valence-electron chi connectivity index (χ4n) is 2.57. The van der Waals surface area contributed by atoms with E-state index in [2.05, 4.69) is 5.32 Å². The topological polar surface area (TPSA) is 83.8 Å². The number of carboxylic acid groups (broad SMARTS) is 1. The van der Waals surface area contributed by atoms with Crippen molar-refractivity contribution < 1.29 is 32.6 Å². The van der Waals surface area contributed by atoms with E-state index in [-0.39, 0.29) is 37.7 Å². The van der Waals surface area contributed by atoms with Gasteiger partial charge in [-0.3, -0.25) is 9.69 Å². The molecule has 1 aromatic rings. The number of aromatic nitrogens is 1. The van der Waals surface area contributed by atoms with Crippen LogP contribution in [-0.4, -0.2) is 71.5 Å². The molecule has 1 amide bonds. The highest BCUT2D eigenvalue weighted by molar-refractivity contribution is 5.95. The van der Waals surface area contributed by atoms with Crippen molar-refractivity contribution in [2.75, 3.05) is 32.8 Å². The van der Waals surface area contributed by atoms with Crippen molar-refractivity contribution in [1.82, 2.24) is 14.8 Å². The SMILES string of the molecule is Cn1c(C(=O)O)ccc1C(=O)NCC(N1CCOCC1)C(F)(F)F. The summed E-state index contributed by atoms with van der Waals surface area (Å²) in [7, 11) is 1.36. The molecule has 1 aromatic heterocycles. The Morgan fingerprint density at radius 1 is 1.29 bits per heavy atom. The highest BCUT2D eigenvalue weighted by atomic mass is 19.4. The average molecular weight is 349 g/mol. The number of ether oxygens (including phenoxy) is 1. The molecule has 1 saturated heterocycles. The van der Waals surface area contributed by atoms with Crippen molar-refractivity contribution in [3.8, 4) is 0 Å². The number of carbonyl (C=O) groups is 2. The van der Waals surface area contributed by atoms with E-state index in [0.717, 1.165) is 4.57 Å². The molecule has 0 saturated carbocycles. The van der Waals surface area contributed by atoms with E-state index in [9.17, 15) is 22.8 Å². The van der Waals surface area contributed by atoms with Crippen LogP contribution in [0.5, 0.6) is 0 Å². The molecule has 134 valence electrons. The lowest BCUT2D eigenvalue weighted by atomic mass is 10.2. The minimum atomic E-state index is -4.49. The molecule has 7 nitrogen and oxygen atoms in total. The van der Waals surface area contributed by atoms with Crippen LogP contribution in [0.3, 0.4) is 0 Å². The Morgan fingerprint density at radius 3 is 2.38 bits per heavy atom. The summed E-state index contributed by atoms with van der Waals surface area (Å²) in [5, 5.41) is 11.2. The number of nitrogens with one attached hydrogen (secondary N) is 1. The van der Waals surface area contributed by atoms with E-state index < -0.39 is 30.6 Å². The number of amides is 1. The van der Waals surface area contributed by atoms with Crippen LogP contribution in [0.2, 0.25) is 0 Å². The molecule has 10 heteroatoms. The summed E-state index contributed by atoms with van der Waals surface area (Å²) >= 11 is 0. The van der Waals surface area contributed by atoms with Gasteiger partial charge in [-0.25, -0.2) is 4.79 Å². The first-order chi connectivity index (χ1) is 11.2. The predicted octanol–water partition coefficient (Wildman–Crippen LogP) is 0.716. The summed E-state index contributed by atoms with van der Waals surface area (Å²) in [5.74, 6) is -1.98. The monoisotopic (exact) mass is 349 g/mol. The third-order valence-corrected chi connectivity index (χ3v) is 3.89. The fraction of sp³-hybridized carbons (Fsp3) is 0.571. The maximum atomic E-state index is 13.2. The normalized spacial score (nSPS) is 17.5. The van der Waals surface area contributed by atoms with E-state index in [1.807, 2.05) is 0 Å². The van der Waals surface area contributed by atoms with Gasteiger partial charge in [0.1, 0.15) is 17.4 Å². The summed E-state index contributed by atoms with van der Waals surface area (Å²) in [4.78, 5) is 24.2. The van der Waals surface area contributed by atoms with E-state index in [1.165, 1.54) is 24.1 Å². The van der Waals surface area contributed by atoms with Crippen LogP contribution in [0.15, 0.2) is 12.1 Å². The molecule has 0 aliphatic carbocycles. The van der Waals surface area contributed by atoms with Gasteiger partial charge in [0, 0.05) is 26.7 Å². The summed E-state index contributed by atoms with van der Waals surface area (Å²) < 4.78 is 45.9. The lowest BCUT2D eigenvalue weighted by molar-refractivity contribution is -0.189. The van der Waals surface area contributed by atoms with Crippen LogP contribution in [0.1, 0.15) is 21.0 Å². The van der Waals surface area contributed by atoms with Gasteiger partial charge in [-0.1, -0.05) is 0 Å². The molecular weight excluding hydrogens is 331 g/mol. The predicted molar refractivity (Wildman–Crippen MR) is 76.9 cm³/mol. The van der Waals surface area contributed by atoms with Gasteiger partial charge in [0.15, 0.2) is 0 Å². The van der Waals surface area contributed by atoms with Gasteiger partial charge in [0.2, 0.25) is 0 Å². The van der Waals surface area contributed by atoms with Crippen molar-refractivity contribution in [3.63, 3.8) is 0 Å². The van der Waals surface area contributed by atoms with E-state index in [4.69, 9.17) is 9.84 Å². The zero-order valence-corrected chi connectivity index (χ0v) is 13.0. The van der Waals surface area contributed by atoms with Crippen LogP contribution in [0, 0.1) is 0 Å². The lowest BCUT2D eigenvalue weighted by Gasteiger charge is -2.35. The molecule has 24 heavy (non-hydrogen) atoms. The third kappa shape index (κ3) is 4.06. The van der Waals surface area contributed by atoms with Crippen molar-refractivity contribution >= 4 is 11.9 Å². The zero-order valence-electron chi connectivity index (χ0n) is 13.0. The van der Waals surface area contributed by atoms with Crippen LogP contribution < -0.4 is 5.32 Å². The molecule has 0 aromatic carbocycles. The standard InChI is InChI=1S/C14H18F3N3O4/c1-19-9(2-3-10(19)13(22)23)12(21)18-8-11(14(15,16)17)20-4-6-24-7-5-20/h2-3,11H,4-8H2,1H3,(H,18,21)(H,22,23). The molecule has 2 N–H and O–H groups in total. The van der Waals surface area contributed by atoms with Gasteiger partial charge in [0.25, 0.3) is 5.91 Å². The smallest absolute Gasteiger partial charge is 0.405 e. The van der Waals surface area contributed by atoms with Gasteiger partial charge >= 0.3 is 12.1 Å². The Morgan fingerprint density at radius 2 is 1.88 bits per heavy atom. The number of morpholine rings is 1. The Kier molecular flexibility index (Phi) is 5.50. The number of hydrogen-bond donors (Lipinski definition) is 2. The van der Waals surface area contributed by atoms with Crippen LogP contribution in [0.25, 0.3) is 0 Å². The Hall–Kier alpha value is -2.07. The van der Waals surface area contributed by atoms with Crippen molar-refractivity contribution in [2.45, 2.75) is 12.2 Å². The number of carbonyl (C=O) groups excluding carboxylic acids is 1. The second-order valence-electron chi connectivity index (χ2n) is 5.38.